The summed E-state index contributed by atoms with van der Waals surface area (Å²) in [5.74, 6) is -1.21. The van der Waals surface area contributed by atoms with E-state index in [0.717, 1.165) is 17.5 Å². The van der Waals surface area contributed by atoms with E-state index in [2.05, 4.69) is 5.32 Å². The second-order valence-corrected chi connectivity index (χ2v) is 5.73. The van der Waals surface area contributed by atoms with Crippen LogP contribution >= 0.6 is 0 Å². The number of amides is 1. The summed E-state index contributed by atoms with van der Waals surface area (Å²) in [6.07, 6.45) is 0.452. The summed E-state index contributed by atoms with van der Waals surface area (Å²) in [7, 11) is 0. The number of nitrogens with one attached hydrogen (secondary N) is 1. The molecule has 1 aliphatic rings. The van der Waals surface area contributed by atoms with Gasteiger partial charge < -0.3 is 15.2 Å². The standard InChI is InChI=1S/C16H21NO4/c1-10(2)9-13(16(19)20)17-15(18)14-12-6-4-3-5-11(12)7-8-21-14/h3-6,10,13-14H,7-9H2,1-2H3,(H,17,18)(H,19,20). The van der Waals surface area contributed by atoms with Gasteiger partial charge in [-0.1, -0.05) is 38.1 Å². The zero-order valence-electron chi connectivity index (χ0n) is 12.3. The maximum Gasteiger partial charge on any atom is 0.326 e. The van der Waals surface area contributed by atoms with Gasteiger partial charge in [0.05, 0.1) is 6.61 Å². The molecule has 5 heteroatoms. The summed E-state index contributed by atoms with van der Waals surface area (Å²) in [6.45, 7) is 4.32. The first-order valence-corrected chi connectivity index (χ1v) is 7.21. The molecular weight excluding hydrogens is 270 g/mol. The van der Waals surface area contributed by atoms with Crippen molar-refractivity contribution >= 4 is 11.9 Å². The highest BCUT2D eigenvalue weighted by Gasteiger charge is 2.30. The van der Waals surface area contributed by atoms with Gasteiger partial charge in [0.25, 0.3) is 5.91 Å². The van der Waals surface area contributed by atoms with Crippen LogP contribution in [0, 0.1) is 5.92 Å². The van der Waals surface area contributed by atoms with Gasteiger partial charge >= 0.3 is 5.97 Å². The van der Waals surface area contributed by atoms with E-state index in [0.29, 0.717) is 13.0 Å². The molecule has 0 saturated carbocycles. The normalized spacial score (nSPS) is 18.9. The third kappa shape index (κ3) is 3.82. The number of rotatable bonds is 5. The van der Waals surface area contributed by atoms with E-state index in [-0.39, 0.29) is 11.8 Å². The van der Waals surface area contributed by atoms with Crippen molar-refractivity contribution in [3.8, 4) is 0 Å². The SMILES string of the molecule is CC(C)CC(NC(=O)C1OCCc2ccccc21)C(=O)O. The molecule has 2 N–H and O–H groups in total. The van der Waals surface area contributed by atoms with E-state index >= 15 is 0 Å². The van der Waals surface area contributed by atoms with Gasteiger partial charge in [-0.05, 0) is 29.9 Å². The number of carbonyl (C=O) groups excluding carboxylic acids is 1. The third-order valence-corrected chi connectivity index (χ3v) is 3.55. The van der Waals surface area contributed by atoms with Crippen LogP contribution in [0.1, 0.15) is 37.5 Å². The van der Waals surface area contributed by atoms with Crippen molar-refractivity contribution in [2.24, 2.45) is 5.92 Å². The van der Waals surface area contributed by atoms with Gasteiger partial charge in [-0.3, -0.25) is 4.79 Å². The highest BCUT2D eigenvalue weighted by atomic mass is 16.5. The number of aliphatic carboxylic acids is 1. The van der Waals surface area contributed by atoms with Crippen molar-refractivity contribution < 1.29 is 19.4 Å². The minimum absolute atomic E-state index is 0.186. The number of carboxylic acids is 1. The molecule has 1 amide bonds. The van der Waals surface area contributed by atoms with Gasteiger partial charge in [0.15, 0.2) is 6.10 Å². The van der Waals surface area contributed by atoms with Crippen molar-refractivity contribution in [1.29, 1.82) is 0 Å². The number of hydrogen-bond donors (Lipinski definition) is 2. The predicted octanol–water partition coefficient (Wildman–Crippen LogP) is 1.92. The van der Waals surface area contributed by atoms with Crippen LogP contribution in [0.2, 0.25) is 0 Å². The van der Waals surface area contributed by atoms with E-state index in [4.69, 9.17) is 4.74 Å². The van der Waals surface area contributed by atoms with Gasteiger partial charge in [0.2, 0.25) is 0 Å². The smallest absolute Gasteiger partial charge is 0.326 e. The van der Waals surface area contributed by atoms with E-state index < -0.39 is 18.1 Å². The lowest BCUT2D eigenvalue weighted by Gasteiger charge is -2.26. The van der Waals surface area contributed by atoms with Crippen molar-refractivity contribution in [2.45, 2.75) is 38.8 Å². The second-order valence-electron chi connectivity index (χ2n) is 5.73. The largest absolute Gasteiger partial charge is 0.480 e. The highest BCUT2D eigenvalue weighted by molar-refractivity contribution is 5.87. The molecule has 0 aliphatic carbocycles. The lowest BCUT2D eigenvalue weighted by molar-refractivity contribution is -0.145. The number of carbonyl (C=O) groups is 2. The molecule has 1 heterocycles. The van der Waals surface area contributed by atoms with Crippen LogP contribution in [-0.4, -0.2) is 29.6 Å². The lowest BCUT2D eigenvalue weighted by Crippen LogP contribution is -2.45. The van der Waals surface area contributed by atoms with Crippen LogP contribution in [0.25, 0.3) is 0 Å². The molecule has 2 unspecified atom stereocenters. The molecule has 0 aromatic heterocycles. The van der Waals surface area contributed by atoms with Crippen LogP contribution in [0.3, 0.4) is 0 Å². The summed E-state index contributed by atoms with van der Waals surface area (Å²) in [6, 6.07) is 6.74. The number of ether oxygens (including phenoxy) is 1. The fraction of sp³-hybridized carbons (Fsp3) is 0.500. The van der Waals surface area contributed by atoms with Crippen LogP contribution < -0.4 is 5.32 Å². The monoisotopic (exact) mass is 291 g/mol. The molecule has 1 aliphatic heterocycles. The predicted molar refractivity (Wildman–Crippen MR) is 77.9 cm³/mol. The van der Waals surface area contributed by atoms with E-state index in [1.165, 1.54) is 0 Å². The van der Waals surface area contributed by atoms with Gasteiger partial charge in [-0.25, -0.2) is 4.79 Å². The summed E-state index contributed by atoms with van der Waals surface area (Å²) in [5, 5.41) is 11.8. The number of hydrogen-bond acceptors (Lipinski definition) is 3. The Morgan fingerprint density at radius 3 is 2.76 bits per heavy atom. The molecule has 21 heavy (non-hydrogen) atoms. The van der Waals surface area contributed by atoms with Gasteiger partial charge in [-0.2, -0.15) is 0 Å². The van der Waals surface area contributed by atoms with Crippen molar-refractivity contribution in [2.75, 3.05) is 6.61 Å². The van der Waals surface area contributed by atoms with E-state index in [1.54, 1.807) is 0 Å². The summed E-state index contributed by atoms with van der Waals surface area (Å²) >= 11 is 0. The summed E-state index contributed by atoms with van der Waals surface area (Å²) in [4.78, 5) is 23.6. The average molecular weight is 291 g/mol. The highest BCUT2D eigenvalue weighted by Crippen LogP contribution is 2.27. The quantitative estimate of drug-likeness (QED) is 0.869. The van der Waals surface area contributed by atoms with Crippen LogP contribution in [-0.2, 0) is 20.7 Å². The van der Waals surface area contributed by atoms with E-state index in [9.17, 15) is 14.7 Å². The first-order valence-electron chi connectivity index (χ1n) is 7.21. The average Bonchev–Trinajstić information content (AvgIpc) is 2.45. The zero-order chi connectivity index (χ0) is 15.4. The van der Waals surface area contributed by atoms with Crippen LogP contribution in [0.15, 0.2) is 24.3 Å². The van der Waals surface area contributed by atoms with Gasteiger partial charge in [0, 0.05) is 0 Å². The van der Waals surface area contributed by atoms with Gasteiger partial charge in [-0.15, -0.1) is 0 Å². The molecular formula is C16H21NO4. The summed E-state index contributed by atoms with van der Waals surface area (Å²) < 4.78 is 5.55. The molecule has 0 bridgehead atoms. The van der Waals surface area contributed by atoms with Crippen LogP contribution in [0.5, 0.6) is 0 Å². The molecule has 0 fully saturated rings. The summed E-state index contributed by atoms with van der Waals surface area (Å²) in [5.41, 5.74) is 1.91. The topological polar surface area (TPSA) is 75.6 Å². The molecule has 0 spiro atoms. The fourth-order valence-corrected chi connectivity index (χ4v) is 2.55. The third-order valence-electron chi connectivity index (χ3n) is 3.55. The Hall–Kier alpha value is -1.88. The Morgan fingerprint density at radius 1 is 1.38 bits per heavy atom. The zero-order valence-corrected chi connectivity index (χ0v) is 12.3. The van der Waals surface area contributed by atoms with E-state index in [1.807, 2.05) is 38.1 Å². The number of benzene rings is 1. The lowest BCUT2D eigenvalue weighted by atomic mass is 9.96. The molecule has 114 valence electrons. The molecule has 2 rings (SSSR count). The van der Waals surface area contributed by atoms with Crippen molar-refractivity contribution in [3.63, 3.8) is 0 Å². The van der Waals surface area contributed by atoms with Gasteiger partial charge in [0.1, 0.15) is 6.04 Å². The second kappa shape index (κ2) is 6.72. The molecule has 0 saturated heterocycles. The maximum absolute atomic E-state index is 12.4. The Labute approximate surface area is 124 Å². The number of fused-ring (bicyclic) bond motifs is 1. The minimum Gasteiger partial charge on any atom is -0.480 e. The minimum atomic E-state index is -1.01. The molecule has 1 aromatic carbocycles. The maximum atomic E-state index is 12.4. The Morgan fingerprint density at radius 2 is 2.10 bits per heavy atom. The first kappa shape index (κ1) is 15.5. The Kier molecular flexibility index (Phi) is 4.96. The van der Waals surface area contributed by atoms with Crippen molar-refractivity contribution in [3.05, 3.63) is 35.4 Å². The molecule has 5 nitrogen and oxygen atoms in total. The molecule has 1 aromatic rings. The number of carboxylic acid groups (broad SMARTS) is 1. The Balaban J connectivity index is 2.12. The molecule has 2 atom stereocenters. The fourth-order valence-electron chi connectivity index (χ4n) is 2.55. The van der Waals surface area contributed by atoms with Crippen molar-refractivity contribution in [1.82, 2.24) is 5.32 Å². The first-order chi connectivity index (χ1) is 9.99. The van der Waals surface area contributed by atoms with Crippen LogP contribution in [0.4, 0.5) is 0 Å². The Bertz CT molecular complexity index is 527. The molecule has 0 radical (unpaired) electrons.